The molecule has 0 spiro atoms. The molecule has 0 unspecified atom stereocenters. The Bertz CT molecular complexity index is 254. The molecule has 0 N–H and O–H groups in total. The third-order valence-corrected chi connectivity index (χ3v) is 4.26. The first kappa shape index (κ1) is 16.5. The van der Waals surface area contributed by atoms with Crippen LogP contribution >= 0.6 is 0 Å². The second-order valence-corrected chi connectivity index (χ2v) is 6.01. The average molecular weight is 264 g/mol. The Morgan fingerprint density at radius 1 is 0.947 bits per heavy atom. The maximum absolute atomic E-state index is 11.1. The Hall–Kier alpha value is -0.590. The molecule has 0 aliphatic heterocycles. The summed E-state index contributed by atoms with van der Waals surface area (Å²) in [6.07, 6.45) is 21.1. The number of carbonyl (C=O) groups excluding carboxylic acids is 1. The van der Waals surface area contributed by atoms with Crippen LogP contribution < -0.4 is 0 Å². The highest BCUT2D eigenvalue weighted by atomic mass is 16.1. The van der Waals surface area contributed by atoms with Gasteiger partial charge in [-0.2, -0.15) is 0 Å². The van der Waals surface area contributed by atoms with Gasteiger partial charge in [0.05, 0.1) is 0 Å². The zero-order valence-electron chi connectivity index (χ0n) is 12.8. The van der Waals surface area contributed by atoms with E-state index < -0.39 is 0 Å². The molecule has 19 heavy (non-hydrogen) atoms. The van der Waals surface area contributed by atoms with Crippen molar-refractivity contribution in [2.45, 2.75) is 90.4 Å². The molecule has 0 aromatic heterocycles. The van der Waals surface area contributed by atoms with Gasteiger partial charge in [-0.15, -0.1) is 0 Å². The predicted octanol–water partition coefficient (Wildman–Crippen LogP) is 5.83. The summed E-state index contributed by atoms with van der Waals surface area (Å²) in [6.45, 7) is 2.27. The van der Waals surface area contributed by atoms with E-state index in [1.165, 1.54) is 64.2 Å². The molecule has 1 fully saturated rings. The van der Waals surface area contributed by atoms with E-state index in [0.717, 1.165) is 19.3 Å². The first-order valence-corrected chi connectivity index (χ1v) is 8.52. The minimum atomic E-state index is 0.437. The van der Waals surface area contributed by atoms with E-state index in [9.17, 15) is 4.79 Å². The number of Topliss-reactive ketones (excluding diaryl/α,β-unsaturated/α-hetero) is 1. The maximum Gasteiger partial charge on any atom is 0.136 e. The summed E-state index contributed by atoms with van der Waals surface area (Å²) >= 11 is 0. The van der Waals surface area contributed by atoms with Crippen molar-refractivity contribution in [3.8, 4) is 0 Å². The fourth-order valence-corrected chi connectivity index (χ4v) is 2.70. The van der Waals surface area contributed by atoms with E-state index in [1.807, 2.05) is 0 Å². The van der Waals surface area contributed by atoms with Crippen molar-refractivity contribution >= 4 is 5.78 Å². The Morgan fingerprint density at radius 3 is 2.16 bits per heavy atom. The summed E-state index contributed by atoms with van der Waals surface area (Å²) in [5, 5.41) is 0. The van der Waals surface area contributed by atoms with E-state index in [1.54, 1.807) is 0 Å². The summed E-state index contributed by atoms with van der Waals surface area (Å²) in [7, 11) is 0. The molecule has 1 heteroatoms. The third kappa shape index (κ3) is 8.23. The summed E-state index contributed by atoms with van der Waals surface area (Å²) < 4.78 is 0. The fraction of sp³-hybridized carbons (Fsp3) is 0.833. The summed E-state index contributed by atoms with van der Waals surface area (Å²) in [6, 6.07) is 0. The predicted molar refractivity (Wildman–Crippen MR) is 83.3 cm³/mol. The third-order valence-electron chi connectivity index (χ3n) is 4.26. The Kier molecular flexibility index (Phi) is 9.75. The lowest BCUT2D eigenvalue weighted by molar-refractivity contribution is -0.129. The van der Waals surface area contributed by atoms with Gasteiger partial charge in [0.1, 0.15) is 5.78 Å². The maximum atomic E-state index is 11.1. The molecular weight excluding hydrogens is 232 g/mol. The van der Waals surface area contributed by atoms with Crippen LogP contribution in [-0.2, 0) is 4.79 Å². The van der Waals surface area contributed by atoms with Crippen LogP contribution in [0.3, 0.4) is 0 Å². The van der Waals surface area contributed by atoms with E-state index in [4.69, 9.17) is 0 Å². The zero-order valence-corrected chi connectivity index (χ0v) is 12.8. The molecule has 1 rings (SSSR count). The number of rotatable bonds is 12. The van der Waals surface area contributed by atoms with E-state index in [-0.39, 0.29) is 0 Å². The quantitative estimate of drug-likeness (QED) is 0.320. The van der Waals surface area contributed by atoms with Crippen molar-refractivity contribution in [3.05, 3.63) is 12.2 Å². The van der Waals surface area contributed by atoms with Crippen LogP contribution in [0.2, 0.25) is 0 Å². The van der Waals surface area contributed by atoms with E-state index in [0.29, 0.717) is 11.7 Å². The second-order valence-electron chi connectivity index (χ2n) is 6.01. The molecule has 110 valence electrons. The molecule has 1 saturated carbocycles. The van der Waals surface area contributed by atoms with Crippen LogP contribution in [0, 0.1) is 5.92 Å². The van der Waals surface area contributed by atoms with Crippen LogP contribution in [0.1, 0.15) is 90.4 Å². The van der Waals surface area contributed by atoms with Gasteiger partial charge in [0.25, 0.3) is 0 Å². The molecule has 0 heterocycles. The van der Waals surface area contributed by atoms with Crippen LogP contribution in [0.25, 0.3) is 0 Å². The van der Waals surface area contributed by atoms with Gasteiger partial charge in [-0.1, -0.05) is 57.6 Å². The largest absolute Gasteiger partial charge is 0.299 e. The molecule has 0 aromatic rings. The van der Waals surface area contributed by atoms with Crippen molar-refractivity contribution in [2.24, 2.45) is 5.92 Å². The summed E-state index contributed by atoms with van der Waals surface area (Å²) in [4.78, 5) is 11.1. The van der Waals surface area contributed by atoms with Crippen molar-refractivity contribution in [3.63, 3.8) is 0 Å². The van der Waals surface area contributed by atoms with Crippen molar-refractivity contribution in [2.75, 3.05) is 0 Å². The lowest BCUT2D eigenvalue weighted by Gasteiger charge is -2.23. The number of hydrogen-bond donors (Lipinski definition) is 0. The highest BCUT2D eigenvalue weighted by Crippen LogP contribution is 2.27. The van der Waals surface area contributed by atoms with Gasteiger partial charge in [-0.05, 0) is 38.5 Å². The van der Waals surface area contributed by atoms with Gasteiger partial charge in [0.15, 0.2) is 0 Å². The highest BCUT2D eigenvalue weighted by molar-refractivity contribution is 5.86. The van der Waals surface area contributed by atoms with Crippen molar-refractivity contribution < 1.29 is 4.79 Å². The molecule has 0 amide bonds. The lowest BCUT2D eigenvalue weighted by atomic mass is 9.80. The molecule has 1 nitrogen and oxygen atoms in total. The van der Waals surface area contributed by atoms with Gasteiger partial charge in [-0.3, -0.25) is 4.79 Å². The van der Waals surface area contributed by atoms with Crippen molar-refractivity contribution in [1.82, 2.24) is 0 Å². The lowest BCUT2D eigenvalue weighted by Crippen LogP contribution is -2.25. The Balaban J connectivity index is 1.76. The van der Waals surface area contributed by atoms with E-state index in [2.05, 4.69) is 19.1 Å². The molecule has 1 aliphatic rings. The Labute approximate surface area is 119 Å². The number of carbonyl (C=O) groups is 1. The average Bonchev–Trinajstić information content (AvgIpc) is 2.42. The summed E-state index contributed by atoms with van der Waals surface area (Å²) in [5.74, 6) is 0.950. The minimum Gasteiger partial charge on any atom is -0.299 e. The fourth-order valence-electron chi connectivity index (χ4n) is 2.70. The smallest absolute Gasteiger partial charge is 0.136 e. The molecule has 0 aromatic carbocycles. The van der Waals surface area contributed by atoms with Gasteiger partial charge < -0.3 is 0 Å². The van der Waals surface area contributed by atoms with Crippen LogP contribution in [0.15, 0.2) is 12.2 Å². The normalized spacial score (nSPS) is 19.0. The molecule has 0 bridgehead atoms. The zero-order chi connectivity index (χ0) is 13.8. The first-order chi connectivity index (χ1) is 9.34. The molecular formula is C18H32O. The molecule has 1 atom stereocenters. The standard InChI is InChI=1S/C18H32O/c1-2-3-4-5-6-7-8-9-10-11-12-13-14-17-15-16-18(17)19/h9-10,17H,2-8,11-16H2,1H3/b10-9+/t17-/m0/s1. The SMILES string of the molecule is CCCCCCCC/C=C/CCCC[C@H]1CCC1=O. The van der Waals surface area contributed by atoms with Gasteiger partial charge in [0.2, 0.25) is 0 Å². The number of unbranched alkanes of at least 4 members (excludes halogenated alkanes) is 8. The minimum absolute atomic E-state index is 0.437. The Morgan fingerprint density at radius 2 is 1.58 bits per heavy atom. The van der Waals surface area contributed by atoms with Gasteiger partial charge in [0, 0.05) is 12.3 Å². The summed E-state index contributed by atoms with van der Waals surface area (Å²) in [5.41, 5.74) is 0. The van der Waals surface area contributed by atoms with Crippen LogP contribution in [0.4, 0.5) is 0 Å². The monoisotopic (exact) mass is 264 g/mol. The topological polar surface area (TPSA) is 17.1 Å². The molecule has 0 radical (unpaired) electrons. The second kappa shape index (κ2) is 11.3. The van der Waals surface area contributed by atoms with E-state index >= 15 is 0 Å². The molecule has 0 saturated heterocycles. The number of allylic oxidation sites excluding steroid dienone is 2. The number of hydrogen-bond acceptors (Lipinski definition) is 1. The van der Waals surface area contributed by atoms with Crippen LogP contribution in [-0.4, -0.2) is 5.78 Å². The van der Waals surface area contributed by atoms with Gasteiger partial charge in [-0.25, -0.2) is 0 Å². The van der Waals surface area contributed by atoms with Gasteiger partial charge >= 0.3 is 0 Å². The number of ketones is 1. The molecule has 1 aliphatic carbocycles. The van der Waals surface area contributed by atoms with Crippen LogP contribution in [0.5, 0.6) is 0 Å². The highest BCUT2D eigenvalue weighted by Gasteiger charge is 2.26. The van der Waals surface area contributed by atoms with Crippen molar-refractivity contribution in [1.29, 1.82) is 0 Å². The first-order valence-electron chi connectivity index (χ1n) is 8.52.